The van der Waals surface area contributed by atoms with Gasteiger partial charge in [0, 0.05) is 32.5 Å². The molecule has 2 aliphatic heterocycles. The number of likely N-dealkylation sites (tertiary alicyclic amines) is 2. The van der Waals surface area contributed by atoms with Crippen molar-refractivity contribution >= 4 is 53.2 Å². The molecule has 0 unspecified atom stereocenters. The third kappa shape index (κ3) is 15.2. The van der Waals surface area contributed by atoms with Crippen molar-refractivity contribution in [2.45, 2.75) is 134 Å². The van der Waals surface area contributed by atoms with Crippen LogP contribution >= 0.6 is 0 Å². The van der Waals surface area contributed by atoms with Crippen LogP contribution in [0.15, 0.2) is 29.3 Å². The molecule has 8 amide bonds. The molecular weight excluding hydrogens is 805 g/mol. The Morgan fingerprint density at radius 1 is 0.742 bits per heavy atom. The Morgan fingerprint density at radius 3 is 1.82 bits per heavy atom. The van der Waals surface area contributed by atoms with Crippen LogP contribution in [0.5, 0.6) is 5.75 Å². The molecule has 2 saturated heterocycles. The molecule has 0 spiro atoms. The second-order valence-electron chi connectivity index (χ2n) is 16.8. The zero-order chi connectivity index (χ0) is 46.3. The van der Waals surface area contributed by atoms with Crippen LogP contribution in [0, 0.1) is 11.8 Å². The summed E-state index contributed by atoms with van der Waals surface area (Å²) in [6.45, 7) is 7.81. The lowest BCUT2D eigenvalue weighted by atomic mass is 10.00. The van der Waals surface area contributed by atoms with Gasteiger partial charge in [-0.25, -0.2) is 0 Å². The van der Waals surface area contributed by atoms with Crippen LogP contribution in [0.25, 0.3) is 0 Å². The molecule has 0 bridgehead atoms. The van der Waals surface area contributed by atoms with Gasteiger partial charge in [-0.2, -0.15) is 0 Å². The molecule has 1 aromatic carbocycles. The summed E-state index contributed by atoms with van der Waals surface area (Å²) in [6, 6.07) is -1.43. The van der Waals surface area contributed by atoms with Gasteiger partial charge in [0.05, 0.1) is 6.04 Å². The van der Waals surface area contributed by atoms with Crippen molar-refractivity contribution < 1.29 is 43.5 Å². The number of hydrogen-bond acceptors (Lipinski definition) is 11. The summed E-state index contributed by atoms with van der Waals surface area (Å²) in [4.78, 5) is 113. The fraction of sp³-hybridized carbons (Fsp3) is 0.634. The second kappa shape index (κ2) is 23.9. The summed E-state index contributed by atoms with van der Waals surface area (Å²) in [5, 5.41) is 20.6. The number of aromatic hydroxyl groups is 1. The average Bonchev–Trinajstić information content (AvgIpc) is 3.90. The van der Waals surface area contributed by atoms with Crippen molar-refractivity contribution in [3.63, 3.8) is 0 Å². The van der Waals surface area contributed by atoms with Gasteiger partial charge in [0.1, 0.15) is 42.0 Å². The summed E-state index contributed by atoms with van der Waals surface area (Å²) in [5.74, 6) is -5.54. The molecule has 0 aliphatic carbocycles. The second-order valence-corrected chi connectivity index (χ2v) is 16.8. The third-order valence-corrected chi connectivity index (χ3v) is 10.9. The Labute approximate surface area is 362 Å². The number of guanidine groups is 1. The number of carbonyl (C=O) groups is 8. The highest BCUT2D eigenvalue weighted by molar-refractivity contribution is 5.97. The molecule has 0 aromatic heterocycles. The summed E-state index contributed by atoms with van der Waals surface area (Å²) in [7, 11) is 0. The Bertz CT molecular complexity index is 1790. The van der Waals surface area contributed by atoms with Crippen molar-refractivity contribution in [1.82, 2.24) is 31.1 Å². The molecule has 7 atom stereocenters. The summed E-state index contributed by atoms with van der Waals surface area (Å²) >= 11 is 0. The lowest BCUT2D eigenvalue weighted by Crippen LogP contribution is -2.60. The molecule has 21 heteroatoms. The minimum Gasteiger partial charge on any atom is -0.508 e. The van der Waals surface area contributed by atoms with Crippen molar-refractivity contribution in [3.05, 3.63) is 29.8 Å². The minimum absolute atomic E-state index is 0.00325. The van der Waals surface area contributed by atoms with Crippen LogP contribution in [0.3, 0.4) is 0 Å². The van der Waals surface area contributed by atoms with Gasteiger partial charge >= 0.3 is 0 Å². The number of nitrogens with one attached hydrogen (secondary N) is 4. The van der Waals surface area contributed by atoms with Gasteiger partial charge in [-0.05, 0) is 80.9 Å². The van der Waals surface area contributed by atoms with Gasteiger partial charge < -0.3 is 64.8 Å². The van der Waals surface area contributed by atoms with Crippen LogP contribution in [0.4, 0.5) is 0 Å². The molecule has 0 radical (unpaired) electrons. The number of nitrogens with two attached hydrogens (primary N) is 5. The van der Waals surface area contributed by atoms with E-state index in [2.05, 4.69) is 26.3 Å². The first-order valence-corrected chi connectivity index (χ1v) is 21.2. The van der Waals surface area contributed by atoms with Gasteiger partial charge in [0.25, 0.3) is 0 Å². The van der Waals surface area contributed by atoms with E-state index in [1.165, 1.54) is 21.9 Å². The van der Waals surface area contributed by atoms with Crippen LogP contribution in [0.2, 0.25) is 0 Å². The monoisotopic (exact) mass is 871 g/mol. The van der Waals surface area contributed by atoms with Gasteiger partial charge in [0.2, 0.25) is 47.3 Å². The molecule has 2 aliphatic rings. The smallest absolute Gasteiger partial charge is 0.246 e. The highest BCUT2D eigenvalue weighted by Crippen LogP contribution is 2.24. The van der Waals surface area contributed by atoms with Gasteiger partial charge in [0.15, 0.2) is 5.96 Å². The van der Waals surface area contributed by atoms with E-state index in [0.29, 0.717) is 24.8 Å². The fourth-order valence-electron chi connectivity index (χ4n) is 7.55. The Kier molecular flexibility index (Phi) is 19.4. The first kappa shape index (κ1) is 50.4. The summed E-state index contributed by atoms with van der Waals surface area (Å²) in [6.07, 6.45) is 1.98. The molecule has 15 N–H and O–H groups in total. The highest BCUT2D eigenvalue weighted by atomic mass is 16.3. The van der Waals surface area contributed by atoms with Gasteiger partial charge in [-0.1, -0.05) is 39.8 Å². The molecular formula is C41H66N12O9. The predicted molar refractivity (Wildman–Crippen MR) is 229 cm³/mol. The number of phenols is 1. The molecule has 21 nitrogen and oxygen atoms in total. The highest BCUT2D eigenvalue weighted by Gasteiger charge is 2.43. The van der Waals surface area contributed by atoms with Crippen LogP contribution < -0.4 is 49.9 Å². The molecule has 2 heterocycles. The lowest BCUT2D eigenvalue weighted by Gasteiger charge is -2.33. The third-order valence-electron chi connectivity index (χ3n) is 10.9. The maximum atomic E-state index is 14.3. The number of phenolic OH excluding ortho intramolecular Hbond substituents is 1. The molecule has 2 fully saturated rings. The molecule has 62 heavy (non-hydrogen) atoms. The number of rotatable bonds is 23. The van der Waals surface area contributed by atoms with Crippen LogP contribution in [-0.4, -0.2) is 130 Å². The van der Waals surface area contributed by atoms with E-state index >= 15 is 0 Å². The SMILES string of the molecule is CC(C)C[C@H](NC(=O)[C@@H]1CCCN1C(=O)[C@@H](NC(=O)[C@@H](N)CCC(N)=O)C(C)C)C(=O)N1CCC[C@H]1C(=O)N[C@@H](CCCN=C(N)N)C(=O)N[C@@H](Cc1ccc(O)cc1)C(N)=O. The molecule has 1 aromatic rings. The van der Waals surface area contributed by atoms with Crippen molar-refractivity contribution in [3.8, 4) is 5.75 Å². The topological polar surface area (TPSA) is 354 Å². The van der Waals surface area contributed by atoms with Crippen molar-refractivity contribution in [2.75, 3.05) is 19.6 Å². The van der Waals surface area contributed by atoms with E-state index in [0.717, 1.165) is 0 Å². The quantitative estimate of drug-likeness (QED) is 0.0315. The van der Waals surface area contributed by atoms with Crippen LogP contribution in [0.1, 0.15) is 91.0 Å². The maximum Gasteiger partial charge on any atom is 0.246 e. The number of nitrogens with zero attached hydrogens (tertiary/aromatic N) is 3. The molecule has 3 rings (SSSR count). The average molecular weight is 871 g/mol. The van der Waals surface area contributed by atoms with E-state index in [1.54, 1.807) is 26.0 Å². The summed E-state index contributed by atoms with van der Waals surface area (Å²) in [5.41, 5.74) is 28.3. The van der Waals surface area contributed by atoms with Crippen molar-refractivity contribution in [1.29, 1.82) is 0 Å². The number of benzene rings is 1. The van der Waals surface area contributed by atoms with Crippen LogP contribution in [-0.2, 0) is 44.8 Å². The standard InChI is InChI=1S/C41H66N12O9/c1-22(2)20-29(50-38(60)31-10-7-19-53(31)40(62)33(23(3)4)51-35(57)26(42)15-16-32(43)55)39(61)52-18-6-9-30(52)37(59)48-27(8-5-17-47-41(45)46)36(58)49-28(34(44)56)21-24-11-13-25(54)14-12-24/h11-14,22-23,26-31,33,54H,5-10,15-21,42H2,1-4H3,(H2,43,55)(H2,44,56)(H,48,59)(H,49,58)(H,50,60)(H,51,57)(H4,45,46,47)/t26-,27-,28-,29-,30-,31-,33-/m0/s1. The summed E-state index contributed by atoms with van der Waals surface area (Å²) < 4.78 is 0. The Hall–Kier alpha value is -5.99. The number of carbonyl (C=O) groups excluding carboxylic acids is 8. The van der Waals surface area contributed by atoms with Gasteiger partial charge in [-0.15, -0.1) is 0 Å². The first-order chi connectivity index (χ1) is 29.2. The maximum absolute atomic E-state index is 14.3. The van der Waals surface area contributed by atoms with E-state index in [1.807, 2.05) is 13.8 Å². The Balaban J connectivity index is 1.77. The number of aliphatic imine (C=N–C) groups is 1. The number of primary amides is 2. The number of amides is 8. The minimum atomic E-state index is -1.18. The number of hydrogen-bond donors (Lipinski definition) is 10. The van der Waals surface area contributed by atoms with E-state index in [9.17, 15) is 43.5 Å². The largest absolute Gasteiger partial charge is 0.508 e. The normalized spacial score (nSPS) is 18.6. The molecule has 0 saturated carbocycles. The lowest BCUT2D eigenvalue weighted by molar-refractivity contribution is -0.145. The van der Waals surface area contributed by atoms with E-state index in [-0.39, 0.29) is 88.1 Å². The Morgan fingerprint density at radius 2 is 1.31 bits per heavy atom. The van der Waals surface area contributed by atoms with E-state index < -0.39 is 89.6 Å². The fourth-order valence-corrected chi connectivity index (χ4v) is 7.55. The van der Waals surface area contributed by atoms with Crippen molar-refractivity contribution in [2.24, 2.45) is 45.5 Å². The zero-order valence-electron chi connectivity index (χ0n) is 36.1. The van der Waals surface area contributed by atoms with Gasteiger partial charge in [-0.3, -0.25) is 43.3 Å². The predicted octanol–water partition coefficient (Wildman–Crippen LogP) is -2.31. The molecule has 344 valence electrons. The first-order valence-electron chi connectivity index (χ1n) is 21.2. The van der Waals surface area contributed by atoms with E-state index in [4.69, 9.17) is 28.7 Å². The zero-order valence-corrected chi connectivity index (χ0v) is 36.1.